The number of aryl methyl sites for hydroxylation is 1. The lowest BCUT2D eigenvalue weighted by Gasteiger charge is -2.36. The Morgan fingerprint density at radius 2 is 1.58 bits per heavy atom. The van der Waals surface area contributed by atoms with Crippen LogP contribution >= 0.6 is 0 Å². The highest BCUT2D eigenvalue weighted by molar-refractivity contribution is 5.94. The first-order chi connectivity index (χ1) is 11.5. The van der Waals surface area contributed by atoms with E-state index in [0.717, 1.165) is 29.9 Å². The topological polar surface area (TPSA) is 60.9 Å². The first kappa shape index (κ1) is 16.1. The molecule has 0 spiro atoms. The van der Waals surface area contributed by atoms with E-state index in [1.165, 1.54) is 0 Å². The van der Waals surface area contributed by atoms with Crippen molar-refractivity contribution in [3.63, 3.8) is 0 Å². The molecule has 0 bridgehead atoms. The Morgan fingerprint density at radius 3 is 2.17 bits per heavy atom. The van der Waals surface area contributed by atoms with Gasteiger partial charge >= 0.3 is 5.97 Å². The standard InChI is InChI=1S/C19H20N2O3/c1-14-3-2-4-16(13-14)18(22)21-11-9-20(10-12-21)17-7-5-15(6-8-17)19(23)24/h2-8,13H,9-12H2,1H3,(H,23,24). The summed E-state index contributed by atoms with van der Waals surface area (Å²) >= 11 is 0. The summed E-state index contributed by atoms with van der Waals surface area (Å²) in [6.07, 6.45) is 0. The lowest BCUT2D eigenvalue weighted by molar-refractivity contribution is 0.0695. The highest BCUT2D eigenvalue weighted by atomic mass is 16.4. The van der Waals surface area contributed by atoms with E-state index in [1.807, 2.05) is 48.2 Å². The Kier molecular flexibility index (Phi) is 4.51. The highest BCUT2D eigenvalue weighted by Gasteiger charge is 2.22. The van der Waals surface area contributed by atoms with Crippen molar-refractivity contribution in [1.82, 2.24) is 4.90 Å². The lowest BCUT2D eigenvalue weighted by Crippen LogP contribution is -2.48. The number of amides is 1. The molecule has 1 heterocycles. The molecule has 124 valence electrons. The fourth-order valence-corrected chi connectivity index (χ4v) is 2.94. The fourth-order valence-electron chi connectivity index (χ4n) is 2.94. The van der Waals surface area contributed by atoms with Gasteiger partial charge in [-0.05, 0) is 43.3 Å². The Bertz CT molecular complexity index is 747. The zero-order chi connectivity index (χ0) is 17.1. The molecular weight excluding hydrogens is 304 g/mol. The maximum absolute atomic E-state index is 12.6. The normalized spacial score (nSPS) is 14.5. The van der Waals surface area contributed by atoms with Gasteiger partial charge in [-0.3, -0.25) is 4.79 Å². The average Bonchev–Trinajstić information content (AvgIpc) is 2.61. The zero-order valence-electron chi connectivity index (χ0n) is 13.6. The van der Waals surface area contributed by atoms with Gasteiger partial charge in [-0.2, -0.15) is 0 Å². The smallest absolute Gasteiger partial charge is 0.335 e. The molecule has 24 heavy (non-hydrogen) atoms. The molecule has 1 aliphatic rings. The second-order valence-corrected chi connectivity index (χ2v) is 6.00. The van der Waals surface area contributed by atoms with Crippen LogP contribution in [0.4, 0.5) is 5.69 Å². The van der Waals surface area contributed by atoms with Crippen LogP contribution in [-0.4, -0.2) is 48.1 Å². The number of carbonyl (C=O) groups excluding carboxylic acids is 1. The van der Waals surface area contributed by atoms with E-state index in [2.05, 4.69) is 4.90 Å². The summed E-state index contributed by atoms with van der Waals surface area (Å²) in [6.45, 7) is 4.78. The molecule has 0 aliphatic carbocycles. The van der Waals surface area contributed by atoms with E-state index in [0.29, 0.717) is 13.1 Å². The summed E-state index contributed by atoms with van der Waals surface area (Å²) in [5, 5.41) is 8.95. The van der Waals surface area contributed by atoms with Crippen molar-refractivity contribution in [2.24, 2.45) is 0 Å². The largest absolute Gasteiger partial charge is 0.478 e. The zero-order valence-corrected chi connectivity index (χ0v) is 13.6. The third kappa shape index (κ3) is 3.40. The second kappa shape index (κ2) is 6.74. The van der Waals surface area contributed by atoms with Crippen LogP contribution in [0.2, 0.25) is 0 Å². The van der Waals surface area contributed by atoms with Gasteiger partial charge in [0, 0.05) is 37.4 Å². The van der Waals surface area contributed by atoms with Crippen LogP contribution in [0.25, 0.3) is 0 Å². The average molecular weight is 324 g/mol. The van der Waals surface area contributed by atoms with Gasteiger partial charge in [0.25, 0.3) is 5.91 Å². The number of carboxylic acids is 1. The van der Waals surface area contributed by atoms with E-state index in [1.54, 1.807) is 12.1 Å². The number of hydrogen-bond donors (Lipinski definition) is 1. The molecule has 1 amide bonds. The number of hydrogen-bond acceptors (Lipinski definition) is 3. The molecule has 0 unspecified atom stereocenters. The van der Waals surface area contributed by atoms with Crippen LogP contribution < -0.4 is 4.90 Å². The predicted molar refractivity (Wildman–Crippen MR) is 92.7 cm³/mol. The van der Waals surface area contributed by atoms with E-state index in [4.69, 9.17) is 5.11 Å². The van der Waals surface area contributed by atoms with Crippen molar-refractivity contribution in [2.45, 2.75) is 6.92 Å². The van der Waals surface area contributed by atoms with E-state index in [9.17, 15) is 9.59 Å². The van der Waals surface area contributed by atoms with Gasteiger partial charge in [0.2, 0.25) is 0 Å². The molecule has 0 saturated carbocycles. The first-order valence-corrected chi connectivity index (χ1v) is 7.99. The predicted octanol–water partition coefficient (Wildman–Crippen LogP) is 2.66. The van der Waals surface area contributed by atoms with Crippen molar-refractivity contribution >= 4 is 17.6 Å². The molecule has 2 aromatic carbocycles. The van der Waals surface area contributed by atoms with Gasteiger partial charge < -0.3 is 14.9 Å². The molecule has 5 heteroatoms. The second-order valence-electron chi connectivity index (χ2n) is 6.00. The van der Waals surface area contributed by atoms with Gasteiger partial charge in [0.15, 0.2) is 0 Å². The van der Waals surface area contributed by atoms with Gasteiger partial charge in [-0.1, -0.05) is 17.7 Å². The third-order valence-corrected chi connectivity index (χ3v) is 4.31. The van der Waals surface area contributed by atoms with Crippen LogP contribution in [0.5, 0.6) is 0 Å². The molecule has 1 N–H and O–H groups in total. The SMILES string of the molecule is Cc1cccc(C(=O)N2CCN(c3ccc(C(=O)O)cc3)CC2)c1. The number of anilines is 1. The molecule has 1 saturated heterocycles. The van der Waals surface area contributed by atoms with Crippen LogP contribution in [0.3, 0.4) is 0 Å². The Hall–Kier alpha value is -2.82. The third-order valence-electron chi connectivity index (χ3n) is 4.31. The maximum Gasteiger partial charge on any atom is 0.335 e. The monoisotopic (exact) mass is 324 g/mol. The molecule has 5 nitrogen and oxygen atoms in total. The van der Waals surface area contributed by atoms with Gasteiger partial charge in [-0.25, -0.2) is 4.79 Å². The number of carboxylic acid groups (broad SMARTS) is 1. The molecule has 0 aromatic heterocycles. The molecule has 2 aromatic rings. The van der Waals surface area contributed by atoms with Gasteiger partial charge in [-0.15, -0.1) is 0 Å². The quantitative estimate of drug-likeness (QED) is 0.943. The van der Waals surface area contributed by atoms with Crippen molar-refractivity contribution in [1.29, 1.82) is 0 Å². The fraction of sp³-hybridized carbons (Fsp3) is 0.263. The van der Waals surface area contributed by atoms with E-state index >= 15 is 0 Å². The molecule has 1 aliphatic heterocycles. The number of nitrogens with zero attached hydrogens (tertiary/aromatic N) is 2. The minimum absolute atomic E-state index is 0.0691. The number of piperazine rings is 1. The highest BCUT2D eigenvalue weighted by Crippen LogP contribution is 2.18. The van der Waals surface area contributed by atoms with Crippen LogP contribution in [0.1, 0.15) is 26.3 Å². The summed E-state index contributed by atoms with van der Waals surface area (Å²) in [7, 11) is 0. The van der Waals surface area contributed by atoms with Crippen molar-refractivity contribution < 1.29 is 14.7 Å². The van der Waals surface area contributed by atoms with Crippen molar-refractivity contribution in [2.75, 3.05) is 31.1 Å². The number of aromatic carboxylic acids is 1. The molecule has 1 fully saturated rings. The van der Waals surface area contributed by atoms with E-state index in [-0.39, 0.29) is 11.5 Å². The number of rotatable bonds is 3. The molecular formula is C19H20N2O3. The minimum atomic E-state index is -0.921. The first-order valence-electron chi connectivity index (χ1n) is 7.99. The van der Waals surface area contributed by atoms with Crippen LogP contribution in [0, 0.1) is 6.92 Å². The summed E-state index contributed by atoms with van der Waals surface area (Å²) in [5.41, 5.74) is 3.09. The Labute approximate surface area is 141 Å². The Balaban J connectivity index is 1.63. The summed E-state index contributed by atoms with van der Waals surface area (Å²) in [5.74, 6) is -0.852. The minimum Gasteiger partial charge on any atom is -0.478 e. The molecule has 0 radical (unpaired) electrons. The Morgan fingerprint density at radius 1 is 0.917 bits per heavy atom. The maximum atomic E-state index is 12.6. The van der Waals surface area contributed by atoms with Crippen molar-refractivity contribution in [3.05, 3.63) is 65.2 Å². The summed E-state index contributed by atoms with van der Waals surface area (Å²) < 4.78 is 0. The van der Waals surface area contributed by atoms with Crippen LogP contribution in [-0.2, 0) is 0 Å². The molecule has 0 atom stereocenters. The number of benzene rings is 2. The van der Waals surface area contributed by atoms with Crippen molar-refractivity contribution in [3.8, 4) is 0 Å². The summed E-state index contributed by atoms with van der Waals surface area (Å²) in [4.78, 5) is 27.5. The summed E-state index contributed by atoms with van der Waals surface area (Å²) in [6, 6.07) is 14.5. The van der Waals surface area contributed by atoms with Crippen LogP contribution in [0.15, 0.2) is 48.5 Å². The molecule has 3 rings (SSSR count). The van der Waals surface area contributed by atoms with E-state index < -0.39 is 5.97 Å². The lowest BCUT2D eigenvalue weighted by atomic mass is 10.1. The van der Waals surface area contributed by atoms with Gasteiger partial charge in [0.05, 0.1) is 5.56 Å². The number of carbonyl (C=O) groups is 2. The van der Waals surface area contributed by atoms with Gasteiger partial charge in [0.1, 0.15) is 0 Å².